The molecule has 4 nitrogen and oxygen atoms in total. The minimum absolute atomic E-state index is 0.211. The predicted molar refractivity (Wildman–Crippen MR) is 73.9 cm³/mol. The number of hydrogen-bond donors (Lipinski definition) is 0. The number of benzene rings is 1. The summed E-state index contributed by atoms with van der Waals surface area (Å²) in [4.78, 5) is 12.7. The van der Waals surface area contributed by atoms with Gasteiger partial charge in [-0.3, -0.25) is 10.1 Å². The third kappa shape index (κ3) is 3.48. The normalized spacial score (nSPS) is 10.1. The molecule has 92 valence electrons. The van der Waals surface area contributed by atoms with Crippen molar-refractivity contribution in [3.63, 3.8) is 0 Å². The van der Waals surface area contributed by atoms with Gasteiger partial charge >= 0.3 is 0 Å². The van der Waals surface area contributed by atoms with Crippen LogP contribution in [0.1, 0.15) is 19.8 Å². The number of rotatable bonds is 6. The van der Waals surface area contributed by atoms with Crippen LogP contribution < -0.4 is 10.4 Å². The van der Waals surface area contributed by atoms with Crippen LogP contribution in [0.2, 0.25) is 6.82 Å². The highest BCUT2D eigenvalue weighted by molar-refractivity contribution is 6.52. The third-order valence-corrected chi connectivity index (χ3v) is 2.90. The van der Waals surface area contributed by atoms with E-state index in [4.69, 9.17) is 0 Å². The molecular formula is C12H19BN2O2. The molecule has 0 saturated heterocycles. The highest BCUT2D eigenvalue weighted by atomic mass is 16.6. The van der Waals surface area contributed by atoms with Crippen LogP contribution in [0.3, 0.4) is 0 Å². The molecule has 0 bridgehead atoms. The first-order valence-corrected chi connectivity index (χ1v) is 6.08. The van der Waals surface area contributed by atoms with E-state index in [1.807, 2.05) is 30.9 Å². The topological polar surface area (TPSA) is 46.4 Å². The summed E-state index contributed by atoms with van der Waals surface area (Å²) in [5.74, 6) is 0. The van der Waals surface area contributed by atoms with Crippen molar-refractivity contribution in [2.75, 3.05) is 18.5 Å². The first-order chi connectivity index (χ1) is 8.10. The Labute approximate surface area is 103 Å². The molecule has 0 atom stereocenters. The Bertz CT molecular complexity index is 396. The lowest BCUT2D eigenvalue weighted by molar-refractivity contribution is -0.384. The van der Waals surface area contributed by atoms with Crippen molar-refractivity contribution in [1.29, 1.82) is 0 Å². The van der Waals surface area contributed by atoms with Gasteiger partial charge in [-0.1, -0.05) is 31.7 Å². The van der Waals surface area contributed by atoms with Gasteiger partial charge in [0, 0.05) is 19.7 Å². The van der Waals surface area contributed by atoms with Gasteiger partial charge in [0.05, 0.1) is 4.92 Å². The van der Waals surface area contributed by atoms with Gasteiger partial charge in [0.15, 0.2) is 7.28 Å². The molecule has 0 amide bonds. The van der Waals surface area contributed by atoms with E-state index in [1.165, 1.54) is 0 Å². The summed E-state index contributed by atoms with van der Waals surface area (Å²) in [6, 6.07) is 5.50. The van der Waals surface area contributed by atoms with Crippen molar-refractivity contribution in [2.45, 2.75) is 26.6 Å². The molecule has 0 radical (unpaired) electrons. The Hall–Kier alpha value is -1.52. The van der Waals surface area contributed by atoms with Gasteiger partial charge in [0.1, 0.15) is 5.69 Å². The van der Waals surface area contributed by atoms with Crippen LogP contribution in [0.4, 0.5) is 11.4 Å². The summed E-state index contributed by atoms with van der Waals surface area (Å²) < 4.78 is 0. The maximum absolute atomic E-state index is 11.0. The summed E-state index contributed by atoms with van der Waals surface area (Å²) in [7, 11) is 2.73. The molecule has 1 aromatic carbocycles. The van der Waals surface area contributed by atoms with E-state index < -0.39 is 0 Å². The molecule has 1 rings (SSSR count). The molecule has 0 unspecified atom stereocenters. The number of unbranched alkanes of at least 4 members (excludes halogenated alkanes) is 1. The lowest BCUT2D eigenvalue weighted by Crippen LogP contribution is -2.21. The van der Waals surface area contributed by atoms with Gasteiger partial charge in [0.2, 0.25) is 0 Å². The second kappa shape index (κ2) is 6.28. The monoisotopic (exact) mass is 234 g/mol. The quantitative estimate of drug-likeness (QED) is 0.429. The van der Waals surface area contributed by atoms with Crippen LogP contribution in [0.25, 0.3) is 0 Å². The number of hydrogen-bond acceptors (Lipinski definition) is 3. The Morgan fingerprint density at radius 2 is 2.18 bits per heavy atom. The molecule has 17 heavy (non-hydrogen) atoms. The second-order valence-corrected chi connectivity index (χ2v) is 4.21. The van der Waals surface area contributed by atoms with Gasteiger partial charge in [0.25, 0.3) is 5.69 Å². The minimum atomic E-state index is -0.295. The van der Waals surface area contributed by atoms with Crippen LogP contribution >= 0.6 is 0 Å². The van der Waals surface area contributed by atoms with Crippen molar-refractivity contribution in [3.8, 4) is 0 Å². The van der Waals surface area contributed by atoms with Gasteiger partial charge in [-0.25, -0.2) is 0 Å². The number of nitro benzene ring substituents is 1. The van der Waals surface area contributed by atoms with Crippen molar-refractivity contribution in [3.05, 3.63) is 28.3 Å². The molecule has 0 fully saturated rings. The Morgan fingerprint density at radius 3 is 2.71 bits per heavy atom. The van der Waals surface area contributed by atoms with Gasteiger partial charge in [-0.2, -0.15) is 0 Å². The average molecular weight is 234 g/mol. The fourth-order valence-corrected chi connectivity index (χ4v) is 1.77. The van der Waals surface area contributed by atoms with Crippen LogP contribution in [-0.4, -0.2) is 25.8 Å². The Kier molecular flexibility index (Phi) is 5.00. The second-order valence-electron chi connectivity index (χ2n) is 4.21. The number of nitrogens with zero attached hydrogens (tertiary/aromatic N) is 2. The minimum Gasteiger partial charge on any atom is -0.369 e. The lowest BCUT2D eigenvalue weighted by Gasteiger charge is -2.19. The molecule has 0 aliphatic carbocycles. The number of nitro groups is 1. The smallest absolute Gasteiger partial charge is 0.291 e. The summed E-state index contributed by atoms with van der Waals surface area (Å²) in [5, 5.41) is 11.0. The van der Waals surface area contributed by atoms with Gasteiger partial charge < -0.3 is 4.90 Å². The van der Waals surface area contributed by atoms with Crippen molar-refractivity contribution < 1.29 is 4.92 Å². The molecule has 0 N–H and O–H groups in total. The van der Waals surface area contributed by atoms with E-state index >= 15 is 0 Å². The first-order valence-electron chi connectivity index (χ1n) is 6.08. The molecule has 0 aliphatic heterocycles. The van der Waals surface area contributed by atoms with Gasteiger partial charge in [-0.15, -0.1) is 0 Å². The largest absolute Gasteiger partial charge is 0.369 e. The number of anilines is 1. The molecule has 0 heterocycles. The van der Waals surface area contributed by atoms with Gasteiger partial charge in [-0.05, 0) is 12.5 Å². The van der Waals surface area contributed by atoms with E-state index in [-0.39, 0.29) is 10.6 Å². The lowest BCUT2D eigenvalue weighted by atomic mass is 9.73. The highest BCUT2D eigenvalue weighted by Crippen LogP contribution is 2.25. The Balaban J connectivity index is 3.01. The SMILES string of the molecule is CBc1ccc(N(C)CCCC)c([N+](=O)[O-])c1. The van der Waals surface area contributed by atoms with Crippen LogP contribution in [0, 0.1) is 10.1 Å². The summed E-state index contributed by atoms with van der Waals surface area (Å²) in [5.41, 5.74) is 1.92. The molecule has 0 spiro atoms. The van der Waals surface area contributed by atoms with E-state index in [1.54, 1.807) is 6.07 Å². The summed E-state index contributed by atoms with van der Waals surface area (Å²) in [6.07, 6.45) is 2.13. The first kappa shape index (κ1) is 13.5. The standard InChI is InChI=1S/C12H19BN2O2/c1-4-5-8-14(3)11-7-6-10(13-2)9-12(11)15(16)17/h6-7,9,13H,4-5,8H2,1-3H3. The van der Waals surface area contributed by atoms with E-state index in [2.05, 4.69) is 6.92 Å². The Morgan fingerprint density at radius 1 is 1.47 bits per heavy atom. The molecule has 0 aliphatic rings. The third-order valence-electron chi connectivity index (χ3n) is 2.90. The molecule has 0 aromatic heterocycles. The zero-order valence-corrected chi connectivity index (χ0v) is 10.8. The summed E-state index contributed by atoms with van der Waals surface area (Å²) >= 11 is 0. The maximum Gasteiger partial charge on any atom is 0.291 e. The fraction of sp³-hybridized carbons (Fsp3) is 0.500. The van der Waals surface area contributed by atoms with Crippen molar-refractivity contribution in [2.24, 2.45) is 0 Å². The fourth-order valence-electron chi connectivity index (χ4n) is 1.77. The average Bonchev–Trinajstić information content (AvgIpc) is 2.35. The molecular weight excluding hydrogens is 215 g/mol. The van der Waals surface area contributed by atoms with Crippen molar-refractivity contribution in [1.82, 2.24) is 0 Å². The van der Waals surface area contributed by atoms with E-state index in [0.29, 0.717) is 5.69 Å². The van der Waals surface area contributed by atoms with E-state index in [0.717, 1.165) is 32.1 Å². The van der Waals surface area contributed by atoms with Crippen LogP contribution in [0.15, 0.2) is 18.2 Å². The molecule has 5 heteroatoms. The zero-order chi connectivity index (χ0) is 12.8. The van der Waals surface area contributed by atoms with Crippen molar-refractivity contribution >= 4 is 24.1 Å². The highest BCUT2D eigenvalue weighted by Gasteiger charge is 2.17. The molecule has 1 aromatic rings. The van der Waals surface area contributed by atoms with Crippen LogP contribution in [0.5, 0.6) is 0 Å². The zero-order valence-electron chi connectivity index (χ0n) is 10.8. The predicted octanol–water partition coefficient (Wildman–Crippen LogP) is 1.94. The molecule has 0 saturated carbocycles. The van der Waals surface area contributed by atoms with Crippen LogP contribution in [-0.2, 0) is 0 Å². The summed E-state index contributed by atoms with van der Waals surface area (Å²) in [6.45, 7) is 4.96. The van der Waals surface area contributed by atoms with E-state index in [9.17, 15) is 10.1 Å². The maximum atomic E-state index is 11.0.